The monoisotopic (exact) mass is 492 g/mol. The van der Waals surface area contributed by atoms with E-state index >= 15 is 0 Å². The van der Waals surface area contributed by atoms with Gasteiger partial charge in [-0.3, -0.25) is 4.79 Å². The van der Waals surface area contributed by atoms with E-state index < -0.39 is 29.5 Å². The molecule has 0 aliphatic carbocycles. The van der Waals surface area contributed by atoms with Gasteiger partial charge in [0, 0.05) is 11.8 Å². The van der Waals surface area contributed by atoms with E-state index in [2.05, 4.69) is 25.7 Å². The Kier molecular flexibility index (Phi) is 7.61. The summed E-state index contributed by atoms with van der Waals surface area (Å²) in [4.78, 5) is 28.2. The van der Waals surface area contributed by atoms with E-state index in [1.807, 2.05) is 0 Å². The van der Waals surface area contributed by atoms with Crippen molar-refractivity contribution in [3.05, 3.63) is 47.4 Å². The number of amides is 1. The third-order valence-corrected chi connectivity index (χ3v) is 4.29. The zero-order valence-corrected chi connectivity index (χ0v) is 19.3. The van der Waals surface area contributed by atoms with Gasteiger partial charge in [0.05, 0.1) is 24.0 Å². The van der Waals surface area contributed by atoms with E-state index in [4.69, 9.17) is 26.2 Å². The number of benzene rings is 1. The Balaban J connectivity index is 1.66. The minimum atomic E-state index is -1.11. The number of carbonyl (C=O) groups is 2. The number of carbonyl (C=O) groups excluding carboxylic acids is 1. The number of ether oxygens (including phenoxy) is 2. The highest BCUT2D eigenvalue weighted by molar-refractivity contribution is 6.30. The van der Waals surface area contributed by atoms with Crippen LogP contribution < -0.4 is 10.1 Å². The highest BCUT2D eigenvalue weighted by Gasteiger charge is 2.22. The summed E-state index contributed by atoms with van der Waals surface area (Å²) in [5.74, 6) is -1.44. The van der Waals surface area contributed by atoms with Gasteiger partial charge in [-0.1, -0.05) is 11.6 Å². The fraction of sp³-hybridized carbons (Fsp3) is 0.333. The maximum atomic E-state index is 13.9. The summed E-state index contributed by atoms with van der Waals surface area (Å²) < 4.78 is 24.4. The Morgan fingerprint density at radius 3 is 2.59 bits per heavy atom. The molecular weight excluding hydrogens is 471 g/mol. The molecule has 1 amide bonds. The van der Waals surface area contributed by atoms with Crippen LogP contribution in [0.15, 0.2) is 36.5 Å². The number of alkyl carbamates (subject to hydrolysis) is 1. The Hall–Kier alpha value is -3.80. The Bertz CT molecular complexity index is 1170. The zero-order valence-electron chi connectivity index (χ0n) is 18.5. The van der Waals surface area contributed by atoms with Crippen LogP contribution in [0.25, 0.3) is 11.4 Å². The van der Waals surface area contributed by atoms with Crippen LogP contribution in [-0.4, -0.2) is 54.0 Å². The minimum absolute atomic E-state index is 0.0404. The number of hydrogen-bond acceptors (Lipinski definition) is 8. The lowest BCUT2D eigenvalue weighted by Gasteiger charge is -2.22. The summed E-state index contributed by atoms with van der Waals surface area (Å²) in [6.07, 6.45) is 0.157. The van der Waals surface area contributed by atoms with Crippen LogP contribution in [0.2, 0.25) is 5.02 Å². The molecule has 0 saturated carbocycles. The first-order valence-electron chi connectivity index (χ1n) is 10.1. The number of pyridine rings is 1. The Morgan fingerprint density at radius 2 is 1.97 bits per heavy atom. The molecule has 3 rings (SSSR count). The Morgan fingerprint density at radius 1 is 1.26 bits per heavy atom. The normalized spacial score (nSPS) is 12.1. The molecule has 11 nitrogen and oxygen atoms in total. The van der Waals surface area contributed by atoms with Gasteiger partial charge in [0.25, 0.3) is 5.88 Å². The molecule has 1 aromatic carbocycles. The summed E-state index contributed by atoms with van der Waals surface area (Å²) in [6.45, 7) is 5.05. The fourth-order valence-corrected chi connectivity index (χ4v) is 2.88. The van der Waals surface area contributed by atoms with Crippen LogP contribution in [0.4, 0.5) is 9.18 Å². The van der Waals surface area contributed by atoms with Gasteiger partial charge in [0.1, 0.15) is 11.4 Å². The highest BCUT2D eigenvalue weighted by atomic mass is 35.5. The van der Waals surface area contributed by atoms with Crippen LogP contribution in [0, 0.1) is 5.82 Å². The van der Waals surface area contributed by atoms with Gasteiger partial charge in [0.2, 0.25) is 5.82 Å². The molecule has 3 aromatic rings. The van der Waals surface area contributed by atoms with Gasteiger partial charge in [0.15, 0.2) is 5.82 Å². The number of nitrogens with zero attached hydrogens (tertiary/aromatic N) is 5. The molecule has 0 unspecified atom stereocenters. The summed E-state index contributed by atoms with van der Waals surface area (Å²) in [7, 11) is 0. The lowest BCUT2D eigenvalue weighted by molar-refractivity contribution is -0.137. The lowest BCUT2D eigenvalue weighted by atomic mass is 10.2. The van der Waals surface area contributed by atoms with Gasteiger partial charge in [-0.15, -0.1) is 10.2 Å². The number of aromatic nitrogens is 5. The largest absolute Gasteiger partial charge is 0.481 e. The van der Waals surface area contributed by atoms with Crippen molar-refractivity contribution in [2.24, 2.45) is 0 Å². The molecule has 0 fully saturated rings. The average Bonchev–Trinajstić information content (AvgIpc) is 3.17. The van der Waals surface area contributed by atoms with Gasteiger partial charge in [-0.2, -0.15) is 4.80 Å². The van der Waals surface area contributed by atoms with Crippen molar-refractivity contribution < 1.29 is 28.6 Å². The van der Waals surface area contributed by atoms with Crippen LogP contribution >= 0.6 is 11.6 Å². The smallest absolute Gasteiger partial charge is 0.407 e. The molecule has 1 atom stereocenters. The molecule has 0 aliphatic rings. The number of nitrogens with one attached hydrogen (secondary N) is 1. The predicted molar refractivity (Wildman–Crippen MR) is 118 cm³/mol. The van der Waals surface area contributed by atoms with E-state index in [-0.39, 0.29) is 29.7 Å². The fourth-order valence-electron chi connectivity index (χ4n) is 2.74. The van der Waals surface area contributed by atoms with E-state index in [0.717, 1.165) is 6.07 Å². The van der Waals surface area contributed by atoms with Gasteiger partial charge < -0.3 is 19.9 Å². The van der Waals surface area contributed by atoms with Crippen molar-refractivity contribution in [3.63, 3.8) is 0 Å². The summed E-state index contributed by atoms with van der Waals surface area (Å²) >= 11 is 5.68. The summed E-state index contributed by atoms with van der Waals surface area (Å²) in [6, 6.07) is 6.69. The Labute approximate surface area is 198 Å². The average molecular weight is 493 g/mol. The first-order chi connectivity index (χ1) is 16.0. The minimum Gasteiger partial charge on any atom is -0.481 e. The molecule has 2 heterocycles. The van der Waals surface area contributed by atoms with Crippen LogP contribution in [0.3, 0.4) is 0 Å². The molecule has 0 radical (unpaired) electrons. The molecule has 2 N–H and O–H groups in total. The summed E-state index contributed by atoms with van der Waals surface area (Å²) in [5.41, 5.74) is -0.153. The number of rotatable bonds is 8. The van der Waals surface area contributed by atoms with Crippen molar-refractivity contribution in [1.82, 2.24) is 30.5 Å². The van der Waals surface area contributed by atoms with E-state index in [9.17, 15) is 14.0 Å². The van der Waals surface area contributed by atoms with Crippen LogP contribution in [0.5, 0.6) is 11.6 Å². The molecule has 0 bridgehead atoms. The van der Waals surface area contributed by atoms with Gasteiger partial charge in [-0.05, 0) is 56.3 Å². The van der Waals surface area contributed by atoms with E-state index in [1.165, 1.54) is 11.0 Å². The topological polar surface area (TPSA) is 141 Å². The number of hydrogen-bond donors (Lipinski definition) is 2. The second kappa shape index (κ2) is 10.4. The third-order valence-electron chi connectivity index (χ3n) is 4.08. The second-order valence-electron chi connectivity index (χ2n) is 8.18. The third kappa shape index (κ3) is 7.37. The maximum absolute atomic E-state index is 13.9. The maximum Gasteiger partial charge on any atom is 0.407 e. The summed E-state index contributed by atoms with van der Waals surface area (Å²) in [5, 5.41) is 23.9. The van der Waals surface area contributed by atoms with Crippen molar-refractivity contribution in [1.29, 1.82) is 0 Å². The van der Waals surface area contributed by atoms with Crippen LogP contribution in [-0.2, 0) is 16.1 Å². The number of carboxylic acid groups (broad SMARTS) is 1. The molecule has 34 heavy (non-hydrogen) atoms. The molecule has 2 aromatic heterocycles. The standard InChI is InChI=1S/C21H22ClFN6O5/c1-21(2,3)34-20(32)25-14(9-17(30)31)11-29-27-18(26-28-29)12-4-6-15(7-5-12)33-19-16(23)8-13(22)10-24-19/h4-8,10,14H,9,11H2,1-3H3,(H,25,32)(H,30,31)/t14-/m0/s1. The van der Waals surface area contributed by atoms with Crippen molar-refractivity contribution in [2.45, 2.75) is 45.4 Å². The van der Waals surface area contributed by atoms with E-state index in [0.29, 0.717) is 11.3 Å². The molecule has 13 heteroatoms. The molecular formula is C21H22ClFN6O5. The van der Waals surface area contributed by atoms with Crippen LogP contribution in [0.1, 0.15) is 27.2 Å². The number of halogens is 2. The zero-order chi connectivity index (χ0) is 24.9. The van der Waals surface area contributed by atoms with Crippen molar-refractivity contribution in [3.8, 4) is 23.0 Å². The quantitative estimate of drug-likeness (QED) is 0.481. The van der Waals surface area contributed by atoms with Crippen molar-refractivity contribution >= 4 is 23.7 Å². The predicted octanol–water partition coefficient (Wildman–Crippen LogP) is 3.69. The number of aliphatic carboxylic acids is 1. The number of tetrazole rings is 1. The molecule has 0 saturated heterocycles. The molecule has 0 spiro atoms. The lowest BCUT2D eigenvalue weighted by Crippen LogP contribution is -2.42. The van der Waals surface area contributed by atoms with E-state index in [1.54, 1.807) is 45.0 Å². The number of carboxylic acids is 1. The second-order valence-corrected chi connectivity index (χ2v) is 8.61. The van der Waals surface area contributed by atoms with Gasteiger partial charge in [-0.25, -0.2) is 14.2 Å². The SMILES string of the molecule is CC(C)(C)OC(=O)N[C@@H](CC(=O)O)Cn1nnc(-c2ccc(Oc3ncc(Cl)cc3F)cc2)n1. The first kappa shape index (κ1) is 24.8. The molecule has 180 valence electrons. The van der Waals surface area contributed by atoms with Gasteiger partial charge >= 0.3 is 12.1 Å². The first-order valence-corrected chi connectivity index (χ1v) is 10.4. The van der Waals surface area contributed by atoms with Crippen molar-refractivity contribution in [2.75, 3.05) is 0 Å². The highest BCUT2D eigenvalue weighted by Crippen LogP contribution is 2.26. The molecule has 0 aliphatic heterocycles.